The van der Waals surface area contributed by atoms with E-state index in [-0.39, 0.29) is 6.04 Å². The summed E-state index contributed by atoms with van der Waals surface area (Å²) in [5.41, 5.74) is 7.70. The SMILES string of the molecule is CC(N)CCCc1nc(Cc2nc3ccccc3[nH]2)no1. The highest BCUT2D eigenvalue weighted by Gasteiger charge is 2.10. The minimum Gasteiger partial charge on any atom is -0.342 e. The molecule has 110 valence electrons. The van der Waals surface area contributed by atoms with E-state index in [9.17, 15) is 0 Å². The van der Waals surface area contributed by atoms with Crippen LogP contribution >= 0.6 is 0 Å². The number of fused-ring (bicyclic) bond motifs is 1. The molecule has 0 saturated heterocycles. The topological polar surface area (TPSA) is 93.6 Å². The van der Waals surface area contributed by atoms with Crippen LogP contribution in [-0.4, -0.2) is 26.2 Å². The van der Waals surface area contributed by atoms with Gasteiger partial charge in [-0.2, -0.15) is 4.98 Å². The van der Waals surface area contributed by atoms with Gasteiger partial charge in [0.1, 0.15) is 5.82 Å². The number of hydrogen-bond donors (Lipinski definition) is 2. The van der Waals surface area contributed by atoms with Crippen molar-refractivity contribution < 1.29 is 4.52 Å². The number of nitrogens with two attached hydrogens (primary N) is 1. The Morgan fingerprint density at radius 1 is 1.29 bits per heavy atom. The number of nitrogens with zero attached hydrogens (tertiary/aromatic N) is 3. The van der Waals surface area contributed by atoms with Gasteiger partial charge in [-0.25, -0.2) is 4.98 Å². The van der Waals surface area contributed by atoms with Crippen molar-refractivity contribution >= 4 is 11.0 Å². The first-order valence-corrected chi connectivity index (χ1v) is 7.21. The molecule has 0 amide bonds. The molecule has 0 bridgehead atoms. The number of nitrogens with one attached hydrogen (secondary N) is 1. The molecule has 1 atom stereocenters. The number of aromatic amines is 1. The molecule has 0 spiro atoms. The quantitative estimate of drug-likeness (QED) is 0.724. The summed E-state index contributed by atoms with van der Waals surface area (Å²) in [6.45, 7) is 2.00. The zero-order chi connectivity index (χ0) is 14.7. The van der Waals surface area contributed by atoms with Crippen molar-refractivity contribution in [1.82, 2.24) is 20.1 Å². The monoisotopic (exact) mass is 285 g/mol. The summed E-state index contributed by atoms with van der Waals surface area (Å²) in [6, 6.07) is 8.14. The molecule has 0 aliphatic heterocycles. The van der Waals surface area contributed by atoms with Gasteiger partial charge in [-0.15, -0.1) is 0 Å². The van der Waals surface area contributed by atoms with Crippen molar-refractivity contribution in [2.45, 2.75) is 38.6 Å². The van der Waals surface area contributed by atoms with E-state index < -0.39 is 0 Å². The second-order valence-corrected chi connectivity index (χ2v) is 5.35. The van der Waals surface area contributed by atoms with Gasteiger partial charge in [0, 0.05) is 12.5 Å². The fourth-order valence-electron chi connectivity index (χ4n) is 2.28. The minimum absolute atomic E-state index is 0.211. The zero-order valence-corrected chi connectivity index (χ0v) is 12.0. The molecule has 1 unspecified atom stereocenters. The highest BCUT2D eigenvalue weighted by Crippen LogP contribution is 2.13. The average molecular weight is 285 g/mol. The normalized spacial score (nSPS) is 12.9. The van der Waals surface area contributed by atoms with E-state index in [0.29, 0.717) is 18.1 Å². The van der Waals surface area contributed by atoms with E-state index in [1.54, 1.807) is 0 Å². The van der Waals surface area contributed by atoms with E-state index in [1.165, 1.54) is 0 Å². The Labute approximate surface area is 122 Å². The van der Waals surface area contributed by atoms with Crippen LogP contribution in [0.3, 0.4) is 0 Å². The summed E-state index contributed by atoms with van der Waals surface area (Å²) in [5.74, 6) is 2.17. The van der Waals surface area contributed by atoms with Gasteiger partial charge >= 0.3 is 0 Å². The van der Waals surface area contributed by atoms with Crippen molar-refractivity contribution in [2.75, 3.05) is 0 Å². The first-order valence-electron chi connectivity index (χ1n) is 7.21. The van der Waals surface area contributed by atoms with Crippen LogP contribution in [0.4, 0.5) is 0 Å². The third kappa shape index (κ3) is 3.46. The molecule has 6 heteroatoms. The van der Waals surface area contributed by atoms with Crippen LogP contribution in [0.1, 0.15) is 37.3 Å². The van der Waals surface area contributed by atoms with Crippen LogP contribution in [0, 0.1) is 0 Å². The van der Waals surface area contributed by atoms with Crippen LogP contribution in [0.25, 0.3) is 11.0 Å². The Morgan fingerprint density at radius 2 is 2.14 bits per heavy atom. The van der Waals surface area contributed by atoms with Crippen molar-refractivity contribution in [3.63, 3.8) is 0 Å². The number of H-pyrrole nitrogens is 1. The Bertz CT molecular complexity index is 683. The number of aryl methyl sites for hydroxylation is 1. The molecular weight excluding hydrogens is 266 g/mol. The molecule has 0 saturated carbocycles. The second kappa shape index (κ2) is 6.05. The summed E-state index contributed by atoms with van der Waals surface area (Å²) >= 11 is 0. The largest absolute Gasteiger partial charge is 0.342 e. The molecule has 2 heterocycles. The van der Waals surface area contributed by atoms with Crippen molar-refractivity contribution in [2.24, 2.45) is 5.73 Å². The third-order valence-electron chi connectivity index (χ3n) is 3.32. The molecule has 1 aromatic carbocycles. The number of imidazole rings is 1. The number of para-hydroxylation sites is 2. The van der Waals surface area contributed by atoms with Crippen LogP contribution < -0.4 is 5.73 Å². The molecule has 2 aromatic heterocycles. The maximum Gasteiger partial charge on any atom is 0.226 e. The lowest BCUT2D eigenvalue weighted by molar-refractivity contribution is 0.368. The summed E-state index contributed by atoms with van der Waals surface area (Å²) < 4.78 is 5.25. The maximum absolute atomic E-state index is 5.72. The van der Waals surface area contributed by atoms with Gasteiger partial charge in [0.25, 0.3) is 0 Å². The highest BCUT2D eigenvalue weighted by molar-refractivity contribution is 5.74. The molecule has 6 nitrogen and oxygen atoms in total. The Balaban J connectivity index is 1.63. The molecule has 0 radical (unpaired) electrons. The molecular formula is C15H19N5O. The van der Waals surface area contributed by atoms with Crippen molar-refractivity contribution in [1.29, 1.82) is 0 Å². The second-order valence-electron chi connectivity index (χ2n) is 5.35. The van der Waals surface area contributed by atoms with E-state index in [1.807, 2.05) is 31.2 Å². The van der Waals surface area contributed by atoms with Crippen LogP contribution in [-0.2, 0) is 12.8 Å². The third-order valence-corrected chi connectivity index (χ3v) is 3.32. The highest BCUT2D eigenvalue weighted by atomic mass is 16.5. The van der Waals surface area contributed by atoms with Gasteiger partial charge in [-0.05, 0) is 31.9 Å². The molecule has 3 aromatic rings. The first-order chi connectivity index (χ1) is 10.2. The van der Waals surface area contributed by atoms with Crippen LogP contribution in [0.15, 0.2) is 28.8 Å². The number of benzene rings is 1. The predicted octanol–water partition coefficient (Wildman–Crippen LogP) is 2.21. The number of aromatic nitrogens is 4. The van der Waals surface area contributed by atoms with E-state index >= 15 is 0 Å². The standard InChI is InChI=1S/C15H19N5O/c1-10(16)5-4-8-15-19-14(20-21-15)9-13-17-11-6-2-3-7-12(11)18-13/h2-3,6-7,10H,4-5,8-9,16H2,1H3,(H,17,18). The van der Waals surface area contributed by atoms with Crippen LogP contribution in [0.2, 0.25) is 0 Å². The maximum atomic E-state index is 5.72. The summed E-state index contributed by atoms with van der Waals surface area (Å²) in [6.07, 6.45) is 3.24. The van der Waals surface area contributed by atoms with Gasteiger partial charge in [-0.3, -0.25) is 0 Å². The van der Waals surface area contributed by atoms with E-state index in [4.69, 9.17) is 10.3 Å². The van der Waals surface area contributed by atoms with Gasteiger partial charge in [0.05, 0.1) is 17.5 Å². The summed E-state index contributed by atoms with van der Waals surface area (Å²) in [4.78, 5) is 12.2. The van der Waals surface area contributed by atoms with E-state index in [0.717, 1.165) is 36.1 Å². The fourth-order valence-corrected chi connectivity index (χ4v) is 2.28. The van der Waals surface area contributed by atoms with Gasteiger partial charge in [0.15, 0.2) is 5.82 Å². The number of rotatable bonds is 6. The Kier molecular flexibility index (Phi) is 3.96. The lowest BCUT2D eigenvalue weighted by atomic mass is 10.1. The van der Waals surface area contributed by atoms with Crippen molar-refractivity contribution in [3.8, 4) is 0 Å². The van der Waals surface area contributed by atoms with Gasteiger partial charge in [0.2, 0.25) is 5.89 Å². The van der Waals surface area contributed by atoms with Gasteiger partial charge in [-0.1, -0.05) is 17.3 Å². The number of hydrogen-bond acceptors (Lipinski definition) is 5. The van der Waals surface area contributed by atoms with Crippen molar-refractivity contribution in [3.05, 3.63) is 41.8 Å². The minimum atomic E-state index is 0.211. The lowest BCUT2D eigenvalue weighted by Gasteiger charge is -2.00. The average Bonchev–Trinajstić information content (AvgIpc) is 3.04. The molecule has 0 aliphatic rings. The lowest BCUT2D eigenvalue weighted by Crippen LogP contribution is -2.14. The van der Waals surface area contributed by atoms with Crippen LogP contribution in [0.5, 0.6) is 0 Å². The van der Waals surface area contributed by atoms with Gasteiger partial charge < -0.3 is 15.2 Å². The first kappa shape index (κ1) is 13.8. The Morgan fingerprint density at radius 3 is 2.95 bits per heavy atom. The molecule has 0 fully saturated rings. The zero-order valence-electron chi connectivity index (χ0n) is 12.0. The smallest absolute Gasteiger partial charge is 0.226 e. The predicted molar refractivity (Wildman–Crippen MR) is 79.8 cm³/mol. The molecule has 21 heavy (non-hydrogen) atoms. The molecule has 3 rings (SSSR count). The molecule has 0 aliphatic carbocycles. The summed E-state index contributed by atoms with van der Waals surface area (Å²) in [7, 11) is 0. The fraction of sp³-hybridized carbons (Fsp3) is 0.400. The summed E-state index contributed by atoms with van der Waals surface area (Å²) in [5, 5.41) is 4.00. The molecule has 3 N–H and O–H groups in total. The van der Waals surface area contributed by atoms with E-state index in [2.05, 4.69) is 20.1 Å². The Hall–Kier alpha value is -2.21.